The Hall–Kier alpha value is -0.350. The van der Waals surface area contributed by atoms with Gasteiger partial charge in [0.25, 0.3) is 0 Å². The van der Waals surface area contributed by atoms with Gasteiger partial charge in [-0.2, -0.15) is 0 Å². The molecule has 0 saturated heterocycles. The normalized spacial score (nSPS) is 11.2. The Kier molecular flexibility index (Phi) is 2.19. The number of aromatic nitrogens is 2. The molecular weight excluding hydrogens is 236 g/mol. The first-order chi connectivity index (χ1) is 5.81. The van der Waals surface area contributed by atoms with Gasteiger partial charge in [0.15, 0.2) is 0 Å². The first-order valence-electron chi connectivity index (χ1n) is 3.91. The summed E-state index contributed by atoms with van der Waals surface area (Å²) in [4.78, 5) is 5.57. The van der Waals surface area contributed by atoms with Gasteiger partial charge in [0.1, 0.15) is 10.3 Å². The summed E-state index contributed by atoms with van der Waals surface area (Å²) >= 11 is 5.20. The van der Waals surface area contributed by atoms with Gasteiger partial charge < -0.3 is 4.57 Å². The van der Waals surface area contributed by atoms with Crippen LogP contribution in [0, 0.1) is 0 Å². The summed E-state index contributed by atoms with van der Waals surface area (Å²) in [5.41, 5.74) is 1.10. The third-order valence-electron chi connectivity index (χ3n) is 1.73. The lowest BCUT2D eigenvalue weighted by molar-refractivity contribution is 0.700. The zero-order valence-electron chi connectivity index (χ0n) is 6.75. The van der Waals surface area contributed by atoms with E-state index in [0.29, 0.717) is 0 Å². The largest absolute Gasteiger partial charge is 0.322 e. The van der Waals surface area contributed by atoms with Crippen molar-refractivity contribution >= 4 is 37.6 Å². The van der Waals surface area contributed by atoms with E-state index < -0.39 is 0 Å². The van der Waals surface area contributed by atoms with Crippen molar-refractivity contribution in [2.45, 2.75) is 19.9 Å². The van der Waals surface area contributed by atoms with Gasteiger partial charge in [-0.3, -0.25) is 0 Å². The molecular formula is C8H9BrN2S. The smallest absolute Gasteiger partial charge is 0.123 e. The molecule has 64 valence electrons. The van der Waals surface area contributed by atoms with Gasteiger partial charge in [0, 0.05) is 6.54 Å². The highest BCUT2D eigenvalue weighted by Gasteiger charge is 2.04. The summed E-state index contributed by atoms with van der Waals surface area (Å²) < 4.78 is 3.36. The average Bonchev–Trinajstić information content (AvgIpc) is 2.52. The highest BCUT2D eigenvalue weighted by atomic mass is 79.9. The van der Waals surface area contributed by atoms with E-state index >= 15 is 0 Å². The predicted octanol–water partition coefficient (Wildman–Crippen LogP) is 3.27. The Morgan fingerprint density at radius 3 is 3.25 bits per heavy atom. The van der Waals surface area contributed by atoms with Crippen molar-refractivity contribution in [3.8, 4) is 0 Å². The third kappa shape index (κ3) is 1.29. The SMILES string of the molecule is CCCn1cnc2cc(Br)sc21. The standard InChI is InChI=1S/C8H9BrN2S/c1-2-3-11-5-10-6-4-7(9)12-8(6)11/h4-5H,2-3H2,1H3. The van der Waals surface area contributed by atoms with Crippen LogP contribution >= 0.6 is 27.3 Å². The van der Waals surface area contributed by atoms with Crippen LogP contribution in [0.1, 0.15) is 13.3 Å². The van der Waals surface area contributed by atoms with E-state index in [0.717, 1.165) is 22.3 Å². The lowest BCUT2D eigenvalue weighted by atomic mass is 10.5. The summed E-state index contributed by atoms with van der Waals surface area (Å²) in [6.45, 7) is 3.23. The van der Waals surface area contributed by atoms with Crippen molar-refractivity contribution < 1.29 is 0 Å². The Bertz CT molecular complexity index is 391. The van der Waals surface area contributed by atoms with Crippen LogP contribution in [0.2, 0.25) is 0 Å². The number of hydrogen-bond donors (Lipinski definition) is 0. The van der Waals surface area contributed by atoms with E-state index in [1.54, 1.807) is 11.3 Å². The molecule has 0 aliphatic carbocycles. The summed E-state index contributed by atoms with van der Waals surface area (Å²) in [7, 11) is 0. The predicted molar refractivity (Wildman–Crippen MR) is 55.6 cm³/mol. The van der Waals surface area contributed by atoms with Crippen LogP contribution in [0.4, 0.5) is 0 Å². The molecule has 0 bridgehead atoms. The molecule has 0 fully saturated rings. The maximum atomic E-state index is 4.30. The van der Waals surface area contributed by atoms with Crippen LogP contribution in [0.5, 0.6) is 0 Å². The van der Waals surface area contributed by atoms with E-state index in [1.807, 2.05) is 6.33 Å². The molecule has 2 nitrogen and oxygen atoms in total. The van der Waals surface area contributed by atoms with Crippen molar-refractivity contribution in [1.82, 2.24) is 9.55 Å². The number of thiophene rings is 1. The van der Waals surface area contributed by atoms with Crippen LogP contribution in [-0.4, -0.2) is 9.55 Å². The van der Waals surface area contributed by atoms with Crippen LogP contribution in [0.15, 0.2) is 16.2 Å². The molecule has 0 aliphatic heterocycles. The number of aryl methyl sites for hydroxylation is 1. The molecule has 0 N–H and O–H groups in total. The Balaban J connectivity index is 2.53. The highest BCUT2D eigenvalue weighted by Crippen LogP contribution is 2.28. The second-order valence-corrected chi connectivity index (χ2v) is 5.09. The minimum Gasteiger partial charge on any atom is -0.322 e. The quantitative estimate of drug-likeness (QED) is 0.793. The van der Waals surface area contributed by atoms with Gasteiger partial charge in [-0.15, -0.1) is 11.3 Å². The fraction of sp³-hybridized carbons (Fsp3) is 0.375. The van der Waals surface area contributed by atoms with Crippen molar-refractivity contribution in [3.05, 3.63) is 16.2 Å². The average molecular weight is 245 g/mol. The molecule has 2 aromatic heterocycles. The molecule has 0 saturated carbocycles. The van der Waals surface area contributed by atoms with Gasteiger partial charge >= 0.3 is 0 Å². The fourth-order valence-corrected chi connectivity index (χ4v) is 2.73. The molecule has 0 unspecified atom stereocenters. The highest BCUT2D eigenvalue weighted by molar-refractivity contribution is 9.11. The number of hydrogen-bond acceptors (Lipinski definition) is 2. The minimum atomic E-state index is 1.06. The number of imidazole rings is 1. The van der Waals surface area contributed by atoms with Crippen LogP contribution in [0.3, 0.4) is 0 Å². The molecule has 2 heterocycles. The summed E-state index contributed by atoms with van der Waals surface area (Å²) in [5, 5.41) is 0. The van der Waals surface area contributed by atoms with E-state index in [1.165, 1.54) is 4.83 Å². The van der Waals surface area contributed by atoms with Crippen molar-refractivity contribution in [3.63, 3.8) is 0 Å². The van der Waals surface area contributed by atoms with Crippen molar-refractivity contribution in [2.24, 2.45) is 0 Å². The Morgan fingerprint density at radius 2 is 2.50 bits per heavy atom. The molecule has 0 aromatic carbocycles. The molecule has 0 aliphatic rings. The first kappa shape index (κ1) is 8.26. The van der Waals surface area contributed by atoms with E-state index in [2.05, 4.69) is 38.5 Å². The minimum absolute atomic E-state index is 1.06. The Labute approximate surface area is 83.4 Å². The van der Waals surface area contributed by atoms with E-state index in [-0.39, 0.29) is 0 Å². The lowest BCUT2D eigenvalue weighted by Gasteiger charge is -1.96. The van der Waals surface area contributed by atoms with Gasteiger partial charge in [-0.1, -0.05) is 6.92 Å². The maximum absolute atomic E-state index is 4.30. The second-order valence-electron chi connectivity index (χ2n) is 2.68. The van der Waals surface area contributed by atoms with Crippen molar-refractivity contribution in [2.75, 3.05) is 0 Å². The fourth-order valence-electron chi connectivity index (χ4n) is 1.23. The molecule has 0 amide bonds. The first-order valence-corrected chi connectivity index (χ1v) is 5.52. The maximum Gasteiger partial charge on any atom is 0.123 e. The summed E-state index contributed by atoms with van der Waals surface area (Å²) in [6, 6.07) is 2.06. The van der Waals surface area contributed by atoms with Gasteiger partial charge in [-0.05, 0) is 28.4 Å². The number of fused-ring (bicyclic) bond motifs is 1. The molecule has 0 spiro atoms. The molecule has 12 heavy (non-hydrogen) atoms. The summed E-state index contributed by atoms with van der Waals surface area (Å²) in [6.07, 6.45) is 3.07. The van der Waals surface area contributed by atoms with Crippen LogP contribution in [-0.2, 0) is 6.54 Å². The number of rotatable bonds is 2. The molecule has 4 heteroatoms. The topological polar surface area (TPSA) is 17.8 Å². The lowest BCUT2D eigenvalue weighted by Crippen LogP contribution is -1.91. The van der Waals surface area contributed by atoms with Gasteiger partial charge in [-0.25, -0.2) is 4.98 Å². The Morgan fingerprint density at radius 1 is 1.67 bits per heavy atom. The monoisotopic (exact) mass is 244 g/mol. The van der Waals surface area contributed by atoms with E-state index in [4.69, 9.17) is 0 Å². The van der Waals surface area contributed by atoms with Gasteiger partial charge in [0.05, 0.1) is 10.1 Å². The van der Waals surface area contributed by atoms with Crippen LogP contribution in [0.25, 0.3) is 10.3 Å². The zero-order chi connectivity index (χ0) is 8.55. The third-order valence-corrected chi connectivity index (χ3v) is 3.39. The van der Waals surface area contributed by atoms with E-state index in [9.17, 15) is 0 Å². The molecule has 0 atom stereocenters. The molecule has 2 rings (SSSR count). The van der Waals surface area contributed by atoms with Crippen molar-refractivity contribution in [1.29, 1.82) is 0 Å². The number of nitrogens with zero attached hydrogens (tertiary/aromatic N) is 2. The molecule has 0 radical (unpaired) electrons. The zero-order valence-corrected chi connectivity index (χ0v) is 9.15. The second kappa shape index (κ2) is 3.18. The molecule has 2 aromatic rings. The van der Waals surface area contributed by atoms with Crippen LogP contribution < -0.4 is 0 Å². The summed E-state index contributed by atoms with van der Waals surface area (Å²) in [5.74, 6) is 0. The van der Waals surface area contributed by atoms with Gasteiger partial charge in [0.2, 0.25) is 0 Å². The number of halogens is 1.